The summed E-state index contributed by atoms with van der Waals surface area (Å²) in [6.45, 7) is 9.69. The van der Waals surface area contributed by atoms with E-state index in [4.69, 9.17) is 15.2 Å². The van der Waals surface area contributed by atoms with Gasteiger partial charge in [-0.25, -0.2) is 9.59 Å². The van der Waals surface area contributed by atoms with Gasteiger partial charge in [0.05, 0.1) is 18.8 Å². The lowest BCUT2D eigenvalue weighted by atomic mass is 9.94. The summed E-state index contributed by atoms with van der Waals surface area (Å²) < 4.78 is 12.2. The van der Waals surface area contributed by atoms with Crippen LogP contribution in [0.1, 0.15) is 36.2 Å². The van der Waals surface area contributed by atoms with Gasteiger partial charge >= 0.3 is 11.9 Å². The highest BCUT2D eigenvalue weighted by atomic mass is 16.5. The zero-order valence-corrected chi connectivity index (χ0v) is 16.2. The summed E-state index contributed by atoms with van der Waals surface area (Å²) in [6, 6.07) is 1.99. The second kappa shape index (κ2) is 7.64. The third kappa shape index (κ3) is 3.31. The molecule has 1 aromatic heterocycles. The van der Waals surface area contributed by atoms with E-state index in [0.29, 0.717) is 11.3 Å². The molecular formula is C20H26N2O4. The van der Waals surface area contributed by atoms with E-state index in [1.165, 1.54) is 6.08 Å². The topological polar surface area (TPSA) is 83.6 Å². The minimum atomic E-state index is -0.602. The summed E-state index contributed by atoms with van der Waals surface area (Å²) in [5, 5.41) is 0.844. The summed E-state index contributed by atoms with van der Waals surface area (Å²) in [5.41, 5.74) is 11.3. The Bertz CT molecular complexity index is 907. The van der Waals surface area contributed by atoms with Crippen molar-refractivity contribution < 1.29 is 19.1 Å². The first kappa shape index (κ1) is 19.6. The molecule has 6 nitrogen and oxygen atoms in total. The first-order valence-corrected chi connectivity index (χ1v) is 8.65. The second-order valence-corrected chi connectivity index (χ2v) is 6.18. The Kier molecular flexibility index (Phi) is 5.75. The molecule has 0 radical (unpaired) electrons. The number of nitrogen functional groups attached to an aromatic ring is 1. The number of fused-ring (bicyclic) bond motifs is 1. The number of hydrogen-bond donors (Lipinski definition) is 1. The van der Waals surface area contributed by atoms with Gasteiger partial charge in [0.2, 0.25) is 0 Å². The number of anilines is 1. The van der Waals surface area contributed by atoms with Gasteiger partial charge in [0.1, 0.15) is 0 Å². The highest BCUT2D eigenvalue weighted by molar-refractivity contribution is 6.25. The van der Waals surface area contributed by atoms with Crippen molar-refractivity contribution in [1.29, 1.82) is 0 Å². The van der Waals surface area contributed by atoms with Gasteiger partial charge in [-0.3, -0.25) is 0 Å². The maximum atomic E-state index is 12.6. The van der Waals surface area contributed by atoms with Crippen molar-refractivity contribution >= 4 is 34.1 Å². The van der Waals surface area contributed by atoms with E-state index in [-0.39, 0.29) is 18.8 Å². The SMILES string of the molecule is CCOC(=O)/C=C(/C(=O)OCC)c1c(N)c(C)cc2c1c(C)c(C)n2C. The van der Waals surface area contributed by atoms with Gasteiger partial charge in [0.15, 0.2) is 0 Å². The number of carbonyl (C=O) groups excluding carboxylic acids is 2. The number of carbonyl (C=O) groups is 2. The molecule has 0 amide bonds. The minimum absolute atomic E-state index is 0.116. The number of aromatic nitrogens is 1. The summed E-state index contributed by atoms with van der Waals surface area (Å²) in [6.07, 6.45) is 1.17. The van der Waals surface area contributed by atoms with Gasteiger partial charge in [-0.05, 0) is 51.8 Å². The number of benzene rings is 1. The number of nitrogens with two attached hydrogens (primary N) is 1. The summed E-state index contributed by atoms with van der Waals surface area (Å²) in [7, 11) is 1.96. The molecular weight excluding hydrogens is 332 g/mol. The Morgan fingerprint density at radius 1 is 1.15 bits per heavy atom. The molecule has 2 N–H and O–H groups in total. The molecule has 0 aliphatic carbocycles. The van der Waals surface area contributed by atoms with Gasteiger partial charge in [0, 0.05) is 41.0 Å². The van der Waals surface area contributed by atoms with Crippen molar-refractivity contribution in [2.45, 2.75) is 34.6 Å². The zero-order chi connectivity index (χ0) is 19.6. The molecule has 0 unspecified atom stereocenters. The Labute approximate surface area is 153 Å². The van der Waals surface area contributed by atoms with Crippen LogP contribution < -0.4 is 5.73 Å². The largest absolute Gasteiger partial charge is 0.463 e. The van der Waals surface area contributed by atoms with Crippen molar-refractivity contribution in [2.24, 2.45) is 7.05 Å². The number of hydrogen-bond acceptors (Lipinski definition) is 5. The Morgan fingerprint density at radius 2 is 1.77 bits per heavy atom. The van der Waals surface area contributed by atoms with Crippen LogP contribution in [0.2, 0.25) is 0 Å². The second-order valence-electron chi connectivity index (χ2n) is 6.18. The molecule has 0 saturated carbocycles. The summed E-state index contributed by atoms with van der Waals surface area (Å²) in [4.78, 5) is 24.7. The third-order valence-corrected chi connectivity index (χ3v) is 4.65. The van der Waals surface area contributed by atoms with Gasteiger partial charge in [-0.2, -0.15) is 0 Å². The first-order chi connectivity index (χ1) is 12.2. The lowest BCUT2D eigenvalue weighted by Gasteiger charge is -2.15. The van der Waals surface area contributed by atoms with Gasteiger partial charge in [-0.15, -0.1) is 0 Å². The van der Waals surface area contributed by atoms with E-state index in [1.807, 2.05) is 38.5 Å². The maximum Gasteiger partial charge on any atom is 0.339 e. The lowest BCUT2D eigenvalue weighted by Crippen LogP contribution is -2.12. The molecule has 26 heavy (non-hydrogen) atoms. The van der Waals surface area contributed by atoms with Gasteiger partial charge in [-0.1, -0.05) is 0 Å². The van der Waals surface area contributed by atoms with Crippen LogP contribution >= 0.6 is 0 Å². The smallest absolute Gasteiger partial charge is 0.339 e. The molecule has 0 aliphatic heterocycles. The normalized spacial score (nSPS) is 11.7. The van der Waals surface area contributed by atoms with Crippen molar-refractivity contribution in [2.75, 3.05) is 18.9 Å². The van der Waals surface area contributed by atoms with Crippen molar-refractivity contribution in [3.8, 4) is 0 Å². The van der Waals surface area contributed by atoms with E-state index < -0.39 is 11.9 Å². The van der Waals surface area contributed by atoms with E-state index in [0.717, 1.165) is 27.7 Å². The molecule has 6 heteroatoms. The fourth-order valence-electron chi connectivity index (χ4n) is 3.10. The van der Waals surface area contributed by atoms with Crippen LogP contribution in [0.3, 0.4) is 0 Å². The minimum Gasteiger partial charge on any atom is -0.463 e. The summed E-state index contributed by atoms with van der Waals surface area (Å²) in [5.74, 6) is -1.20. The van der Waals surface area contributed by atoms with E-state index in [2.05, 4.69) is 0 Å². The molecule has 1 aromatic carbocycles. The van der Waals surface area contributed by atoms with Crippen LogP contribution in [0.4, 0.5) is 5.69 Å². The fourth-order valence-corrected chi connectivity index (χ4v) is 3.10. The highest BCUT2D eigenvalue weighted by Crippen LogP contribution is 2.38. The molecule has 0 fully saturated rings. The van der Waals surface area contributed by atoms with Crippen LogP contribution in [0.15, 0.2) is 12.1 Å². The molecule has 0 spiro atoms. The number of ether oxygens (including phenoxy) is 2. The number of esters is 2. The fraction of sp³-hybridized carbons (Fsp3) is 0.400. The molecule has 140 valence electrons. The van der Waals surface area contributed by atoms with Crippen LogP contribution in [0.5, 0.6) is 0 Å². The van der Waals surface area contributed by atoms with Crippen molar-refractivity contribution in [3.05, 3.63) is 34.5 Å². The predicted octanol–water partition coefficient (Wildman–Crippen LogP) is 3.20. The van der Waals surface area contributed by atoms with Crippen molar-refractivity contribution in [1.82, 2.24) is 4.57 Å². The highest BCUT2D eigenvalue weighted by Gasteiger charge is 2.25. The molecule has 0 aliphatic rings. The van der Waals surface area contributed by atoms with Gasteiger partial charge in [0.25, 0.3) is 0 Å². The maximum absolute atomic E-state index is 12.6. The number of aryl methyl sites for hydroxylation is 3. The Balaban J connectivity index is 2.89. The van der Waals surface area contributed by atoms with E-state index in [9.17, 15) is 9.59 Å². The van der Waals surface area contributed by atoms with Crippen LogP contribution in [0.25, 0.3) is 16.5 Å². The lowest BCUT2D eigenvalue weighted by molar-refractivity contribution is -0.139. The monoisotopic (exact) mass is 358 g/mol. The Hall–Kier alpha value is -2.76. The molecule has 0 saturated heterocycles. The van der Waals surface area contributed by atoms with E-state index in [1.54, 1.807) is 13.8 Å². The van der Waals surface area contributed by atoms with Crippen LogP contribution in [0, 0.1) is 20.8 Å². The number of nitrogens with zero attached hydrogens (tertiary/aromatic N) is 1. The first-order valence-electron chi connectivity index (χ1n) is 8.65. The molecule has 0 atom stereocenters. The molecule has 2 aromatic rings. The average molecular weight is 358 g/mol. The van der Waals surface area contributed by atoms with Gasteiger partial charge < -0.3 is 19.8 Å². The third-order valence-electron chi connectivity index (χ3n) is 4.65. The molecule has 0 bridgehead atoms. The summed E-state index contributed by atoms with van der Waals surface area (Å²) >= 11 is 0. The van der Waals surface area contributed by atoms with E-state index >= 15 is 0 Å². The standard InChI is InChI=1S/C20H26N2O4/c1-7-25-16(23)10-14(20(24)26-8-2)18-17-12(4)13(5)22(6)15(17)9-11(3)19(18)21/h9-10H,7-8,21H2,1-6H3/b14-10+. The Morgan fingerprint density at radius 3 is 2.35 bits per heavy atom. The average Bonchev–Trinajstić information content (AvgIpc) is 2.79. The van der Waals surface area contributed by atoms with Crippen LogP contribution in [-0.2, 0) is 26.1 Å². The van der Waals surface area contributed by atoms with Crippen molar-refractivity contribution in [3.63, 3.8) is 0 Å². The molecule has 2 rings (SSSR count). The zero-order valence-electron chi connectivity index (χ0n) is 16.2. The predicted molar refractivity (Wildman–Crippen MR) is 103 cm³/mol. The van der Waals surface area contributed by atoms with Crippen LogP contribution in [-0.4, -0.2) is 29.7 Å². The molecule has 1 heterocycles. The quantitative estimate of drug-likeness (QED) is 0.504. The number of rotatable bonds is 5.